The molecule has 4 aromatic rings. The van der Waals surface area contributed by atoms with Crippen molar-refractivity contribution in [2.75, 3.05) is 6.61 Å². The van der Waals surface area contributed by atoms with Crippen LogP contribution in [0.1, 0.15) is 31.5 Å². The van der Waals surface area contributed by atoms with E-state index in [1.54, 1.807) is 10.8 Å². The van der Waals surface area contributed by atoms with Gasteiger partial charge in [-0.25, -0.2) is 4.98 Å². The van der Waals surface area contributed by atoms with Gasteiger partial charge in [-0.15, -0.1) is 0 Å². The van der Waals surface area contributed by atoms with Crippen LogP contribution in [0.25, 0.3) is 16.6 Å². The summed E-state index contributed by atoms with van der Waals surface area (Å²) in [6.07, 6.45) is 1.66. The van der Waals surface area contributed by atoms with Gasteiger partial charge in [-0.3, -0.25) is 9.36 Å². The summed E-state index contributed by atoms with van der Waals surface area (Å²) in [7, 11) is 0. The van der Waals surface area contributed by atoms with Crippen molar-refractivity contribution in [2.45, 2.75) is 26.4 Å². The van der Waals surface area contributed by atoms with E-state index in [0.717, 1.165) is 5.76 Å². The zero-order valence-electron chi connectivity index (χ0n) is 16.5. The first-order valence-electron chi connectivity index (χ1n) is 9.78. The molecule has 0 amide bonds. The minimum absolute atomic E-state index is 0.0768. The van der Waals surface area contributed by atoms with Crippen molar-refractivity contribution >= 4 is 10.9 Å². The molecule has 6 nitrogen and oxygen atoms in total. The van der Waals surface area contributed by atoms with Crippen LogP contribution in [0.3, 0.4) is 0 Å². The van der Waals surface area contributed by atoms with Crippen LogP contribution in [0, 0.1) is 0 Å². The molecule has 2 aromatic carbocycles. The molecule has 2 heterocycles. The first kappa shape index (κ1) is 19.0. The summed E-state index contributed by atoms with van der Waals surface area (Å²) in [4.78, 5) is 18.3. The molecule has 0 unspecified atom stereocenters. The normalized spacial score (nSPS) is 12.2. The zero-order chi connectivity index (χ0) is 20.2. The van der Waals surface area contributed by atoms with Gasteiger partial charge in [-0.2, -0.15) is 0 Å². The molecule has 0 fully saturated rings. The number of rotatable bonds is 7. The molecule has 0 saturated heterocycles. The molecular weight excluding hydrogens is 366 g/mol. The summed E-state index contributed by atoms with van der Waals surface area (Å²) in [6, 6.07) is 18.7. The van der Waals surface area contributed by atoms with Crippen molar-refractivity contribution in [1.29, 1.82) is 0 Å². The lowest BCUT2D eigenvalue weighted by molar-refractivity contribution is -0.710. The Labute approximate surface area is 168 Å². The number of benzene rings is 2. The van der Waals surface area contributed by atoms with Gasteiger partial charge in [0.15, 0.2) is 11.6 Å². The Kier molecular flexibility index (Phi) is 5.44. The highest BCUT2D eigenvalue weighted by Gasteiger charge is 2.22. The van der Waals surface area contributed by atoms with E-state index in [1.807, 2.05) is 74.5 Å². The van der Waals surface area contributed by atoms with Crippen LogP contribution in [0.5, 0.6) is 5.75 Å². The molecule has 1 atom stereocenters. The predicted octanol–water partition coefficient (Wildman–Crippen LogP) is 3.20. The number of furan rings is 1. The fourth-order valence-electron chi connectivity index (χ4n) is 3.43. The number of hydrogen-bond donors (Lipinski definition) is 1. The topological polar surface area (TPSA) is 73.9 Å². The van der Waals surface area contributed by atoms with Gasteiger partial charge >= 0.3 is 0 Å². The minimum atomic E-state index is -0.101. The number of para-hydroxylation sites is 3. The van der Waals surface area contributed by atoms with Gasteiger partial charge in [-0.05, 0) is 50.2 Å². The van der Waals surface area contributed by atoms with Gasteiger partial charge in [0.25, 0.3) is 5.56 Å². The molecule has 0 aliphatic heterocycles. The van der Waals surface area contributed by atoms with E-state index < -0.39 is 0 Å². The third-order valence-electron chi connectivity index (χ3n) is 4.87. The molecule has 0 aliphatic carbocycles. The average Bonchev–Trinajstić information content (AvgIpc) is 3.27. The van der Waals surface area contributed by atoms with Gasteiger partial charge < -0.3 is 14.5 Å². The van der Waals surface area contributed by atoms with E-state index in [4.69, 9.17) is 14.1 Å². The lowest BCUT2D eigenvalue weighted by Gasteiger charge is -2.19. The summed E-state index contributed by atoms with van der Waals surface area (Å²) >= 11 is 0. The van der Waals surface area contributed by atoms with Gasteiger partial charge in [0.05, 0.1) is 29.5 Å². The fraction of sp³-hybridized carbons (Fsp3) is 0.217. The number of nitrogens with two attached hydrogens (primary N) is 1. The van der Waals surface area contributed by atoms with Crippen molar-refractivity contribution in [3.05, 3.63) is 88.9 Å². The second kappa shape index (κ2) is 8.32. The van der Waals surface area contributed by atoms with Gasteiger partial charge in [0, 0.05) is 0 Å². The Hall–Kier alpha value is -3.38. The number of nitrogens with zero attached hydrogens (tertiary/aromatic N) is 2. The van der Waals surface area contributed by atoms with E-state index in [-0.39, 0.29) is 11.6 Å². The van der Waals surface area contributed by atoms with E-state index in [2.05, 4.69) is 5.32 Å². The van der Waals surface area contributed by atoms with Crippen molar-refractivity contribution in [2.24, 2.45) is 0 Å². The highest BCUT2D eigenvalue weighted by atomic mass is 16.5. The van der Waals surface area contributed by atoms with E-state index in [9.17, 15) is 4.79 Å². The monoisotopic (exact) mass is 390 g/mol. The molecule has 2 aromatic heterocycles. The van der Waals surface area contributed by atoms with Crippen molar-refractivity contribution < 1.29 is 14.5 Å². The van der Waals surface area contributed by atoms with Crippen LogP contribution in [0.4, 0.5) is 0 Å². The first-order chi connectivity index (χ1) is 14.2. The first-order valence-corrected chi connectivity index (χ1v) is 9.78. The summed E-state index contributed by atoms with van der Waals surface area (Å²) < 4.78 is 12.9. The smallest absolute Gasteiger partial charge is 0.266 e. The second-order valence-electron chi connectivity index (χ2n) is 6.84. The highest BCUT2D eigenvalue weighted by molar-refractivity contribution is 5.78. The molecule has 6 heteroatoms. The maximum Gasteiger partial charge on any atom is 0.266 e. The lowest BCUT2D eigenvalue weighted by atomic mass is 10.2. The third-order valence-corrected chi connectivity index (χ3v) is 4.87. The molecular formula is C23H24N3O3+. The number of fused-ring (bicyclic) bond motifs is 1. The Bertz CT molecular complexity index is 1170. The molecule has 0 bridgehead atoms. The van der Waals surface area contributed by atoms with Crippen LogP contribution >= 0.6 is 0 Å². The fourth-order valence-corrected chi connectivity index (χ4v) is 3.43. The summed E-state index contributed by atoms with van der Waals surface area (Å²) in [6.45, 7) is 5.14. The minimum Gasteiger partial charge on any atom is -0.492 e. The predicted molar refractivity (Wildman–Crippen MR) is 111 cm³/mol. The number of hydrogen-bond acceptors (Lipinski definition) is 4. The van der Waals surface area contributed by atoms with Crippen LogP contribution in [-0.4, -0.2) is 16.2 Å². The van der Waals surface area contributed by atoms with Crippen molar-refractivity contribution in [1.82, 2.24) is 9.55 Å². The van der Waals surface area contributed by atoms with Crippen molar-refractivity contribution in [3.63, 3.8) is 0 Å². The quantitative estimate of drug-likeness (QED) is 0.526. The number of aromatic nitrogens is 2. The van der Waals surface area contributed by atoms with Crippen LogP contribution in [0.15, 0.2) is 76.1 Å². The second-order valence-corrected chi connectivity index (χ2v) is 6.84. The van der Waals surface area contributed by atoms with E-state index >= 15 is 0 Å². The highest BCUT2D eigenvalue weighted by Crippen LogP contribution is 2.24. The number of ether oxygens (including phenoxy) is 1. The van der Waals surface area contributed by atoms with Crippen LogP contribution in [-0.2, 0) is 6.54 Å². The summed E-state index contributed by atoms with van der Waals surface area (Å²) in [5.74, 6) is 2.21. The summed E-state index contributed by atoms with van der Waals surface area (Å²) in [5, 5.41) is 2.69. The molecule has 0 spiro atoms. The Morgan fingerprint density at radius 2 is 1.90 bits per heavy atom. The molecule has 4 rings (SSSR count). The summed E-state index contributed by atoms with van der Waals surface area (Å²) in [5.41, 5.74) is 1.29. The molecule has 29 heavy (non-hydrogen) atoms. The van der Waals surface area contributed by atoms with Crippen LogP contribution < -0.4 is 15.6 Å². The van der Waals surface area contributed by atoms with E-state index in [0.29, 0.717) is 41.3 Å². The lowest BCUT2D eigenvalue weighted by Crippen LogP contribution is -2.83. The Balaban J connectivity index is 1.86. The molecule has 0 saturated carbocycles. The van der Waals surface area contributed by atoms with Gasteiger partial charge in [0.1, 0.15) is 18.3 Å². The van der Waals surface area contributed by atoms with E-state index in [1.165, 1.54) is 0 Å². The Morgan fingerprint density at radius 3 is 2.69 bits per heavy atom. The average molecular weight is 390 g/mol. The molecule has 2 N–H and O–H groups in total. The number of quaternary nitrogens is 1. The zero-order valence-corrected chi connectivity index (χ0v) is 16.5. The van der Waals surface area contributed by atoms with Crippen LogP contribution in [0.2, 0.25) is 0 Å². The largest absolute Gasteiger partial charge is 0.492 e. The maximum absolute atomic E-state index is 13.5. The van der Waals surface area contributed by atoms with Gasteiger partial charge in [0.2, 0.25) is 0 Å². The molecule has 0 aliphatic rings. The van der Waals surface area contributed by atoms with Gasteiger partial charge in [-0.1, -0.05) is 24.3 Å². The Morgan fingerprint density at radius 1 is 1.10 bits per heavy atom. The SMILES string of the molecule is CCOc1ccccc1-n1c([C@H](C)[NH2+]Cc2ccco2)nc2ccccc2c1=O. The molecule has 148 valence electrons. The standard InChI is InChI=1S/C23H23N3O3/c1-3-28-21-13-7-6-12-20(21)26-22(16(2)24-15-17-9-8-14-29-17)25-19-11-5-4-10-18(19)23(26)27/h4-14,16,24H,3,15H2,1-2H3/p+1/t16-/m0/s1. The third kappa shape index (κ3) is 3.79. The molecule has 0 radical (unpaired) electrons. The maximum atomic E-state index is 13.5. The van der Waals surface area contributed by atoms with Crippen molar-refractivity contribution in [3.8, 4) is 11.4 Å².